The van der Waals surface area contributed by atoms with Gasteiger partial charge in [-0.15, -0.1) is 0 Å². The van der Waals surface area contributed by atoms with Crippen molar-refractivity contribution in [3.8, 4) is 0 Å². The summed E-state index contributed by atoms with van der Waals surface area (Å²) in [6.07, 6.45) is 0. The van der Waals surface area contributed by atoms with Gasteiger partial charge in [0.1, 0.15) is 5.82 Å². The molecule has 1 unspecified atom stereocenters. The summed E-state index contributed by atoms with van der Waals surface area (Å²) in [4.78, 5) is 2.27. The molecule has 0 saturated carbocycles. The molecule has 1 aromatic carbocycles. The van der Waals surface area contributed by atoms with Crippen LogP contribution in [-0.4, -0.2) is 24.0 Å². The Morgan fingerprint density at radius 3 is 2.32 bits per heavy atom. The van der Waals surface area contributed by atoms with E-state index >= 15 is 0 Å². The average molecular weight is 331 g/mol. The third kappa shape index (κ3) is 4.55. The van der Waals surface area contributed by atoms with Gasteiger partial charge >= 0.3 is 0 Å². The molecule has 2 N–H and O–H groups in total. The maximum Gasteiger partial charge on any atom is 0.129 e. The van der Waals surface area contributed by atoms with Crippen molar-refractivity contribution in [2.24, 2.45) is 11.7 Å². The summed E-state index contributed by atoms with van der Waals surface area (Å²) in [5.74, 6) is 0.328. The molecule has 4 heteroatoms. The van der Waals surface area contributed by atoms with Crippen molar-refractivity contribution in [3.05, 3.63) is 34.1 Å². The van der Waals surface area contributed by atoms with Gasteiger partial charge in [0.05, 0.1) is 6.04 Å². The van der Waals surface area contributed by atoms with Crippen LogP contribution in [0.25, 0.3) is 0 Å². The Bertz CT molecular complexity index is 407. The number of nitrogens with zero attached hydrogens (tertiary/aromatic N) is 1. The lowest BCUT2D eigenvalue weighted by atomic mass is 10.0. The van der Waals surface area contributed by atoms with E-state index in [4.69, 9.17) is 5.73 Å². The Morgan fingerprint density at radius 1 is 1.26 bits per heavy atom. The third-order valence-corrected chi connectivity index (χ3v) is 3.68. The van der Waals surface area contributed by atoms with Gasteiger partial charge in [-0.05, 0) is 31.9 Å². The van der Waals surface area contributed by atoms with Crippen LogP contribution in [0.4, 0.5) is 4.39 Å². The van der Waals surface area contributed by atoms with Crippen LogP contribution in [-0.2, 0) is 0 Å². The zero-order chi connectivity index (χ0) is 14.6. The molecule has 0 heterocycles. The second kappa shape index (κ2) is 7.36. The lowest BCUT2D eigenvalue weighted by molar-refractivity contribution is 0.136. The van der Waals surface area contributed by atoms with Crippen molar-refractivity contribution in [2.45, 2.75) is 39.8 Å². The lowest BCUT2D eigenvalue weighted by Gasteiger charge is -2.36. The van der Waals surface area contributed by atoms with Gasteiger partial charge < -0.3 is 5.73 Å². The van der Waals surface area contributed by atoms with E-state index in [2.05, 4.69) is 48.5 Å². The minimum absolute atomic E-state index is 0.0736. The normalized spacial score (nSPS) is 13.6. The van der Waals surface area contributed by atoms with Gasteiger partial charge in [-0.1, -0.05) is 35.8 Å². The highest BCUT2D eigenvalue weighted by molar-refractivity contribution is 9.10. The smallest absolute Gasteiger partial charge is 0.129 e. The van der Waals surface area contributed by atoms with Crippen molar-refractivity contribution < 1.29 is 4.39 Å². The highest BCUT2D eigenvalue weighted by atomic mass is 79.9. The maximum atomic E-state index is 14.1. The predicted octanol–water partition coefficient (Wildman–Crippen LogP) is 3.95. The van der Waals surface area contributed by atoms with Gasteiger partial charge in [0.15, 0.2) is 0 Å². The van der Waals surface area contributed by atoms with Crippen molar-refractivity contribution in [3.63, 3.8) is 0 Å². The van der Waals surface area contributed by atoms with Crippen LogP contribution in [0.1, 0.15) is 39.3 Å². The molecule has 0 amide bonds. The zero-order valence-electron chi connectivity index (χ0n) is 12.2. The third-order valence-electron chi connectivity index (χ3n) is 3.18. The molecule has 19 heavy (non-hydrogen) atoms. The van der Waals surface area contributed by atoms with Crippen LogP contribution in [0.5, 0.6) is 0 Å². The van der Waals surface area contributed by atoms with Crippen LogP contribution in [0.15, 0.2) is 22.7 Å². The molecule has 2 nitrogen and oxygen atoms in total. The summed E-state index contributed by atoms with van der Waals surface area (Å²) in [5, 5.41) is 0. The van der Waals surface area contributed by atoms with Crippen molar-refractivity contribution in [2.75, 3.05) is 13.1 Å². The fraction of sp³-hybridized carbons (Fsp3) is 0.600. The predicted molar refractivity (Wildman–Crippen MR) is 82.6 cm³/mol. The fourth-order valence-electron chi connectivity index (χ4n) is 2.33. The summed E-state index contributed by atoms with van der Waals surface area (Å²) in [5.41, 5.74) is 6.59. The molecule has 0 aromatic heterocycles. The van der Waals surface area contributed by atoms with Crippen LogP contribution in [0.2, 0.25) is 0 Å². The van der Waals surface area contributed by atoms with E-state index in [-0.39, 0.29) is 11.9 Å². The molecule has 1 atom stereocenters. The fourth-order valence-corrected chi connectivity index (χ4v) is 2.67. The standard InChI is InChI=1S/C15H24BrFN2/c1-10(2)9-19(11(3)4)15(8-18)13-6-5-12(16)7-14(13)17/h5-7,10-11,15H,8-9,18H2,1-4H3. The first kappa shape index (κ1) is 16.6. The number of nitrogens with two attached hydrogens (primary N) is 1. The van der Waals surface area contributed by atoms with E-state index in [1.54, 1.807) is 0 Å². The zero-order valence-corrected chi connectivity index (χ0v) is 13.7. The monoisotopic (exact) mass is 330 g/mol. The molecule has 1 aromatic rings. The number of rotatable bonds is 6. The first-order chi connectivity index (χ1) is 8.86. The molecule has 1 rings (SSSR count). The first-order valence-corrected chi connectivity index (χ1v) is 7.56. The summed E-state index contributed by atoms with van der Waals surface area (Å²) < 4.78 is 14.9. The van der Waals surface area contributed by atoms with Gasteiger partial charge in [0.2, 0.25) is 0 Å². The average Bonchev–Trinajstić information content (AvgIpc) is 2.30. The number of hydrogen-bond donors (Lipinski definition) is 1. The van der Waals surface area contributed by atoms with Gasteiger partial charge in [-0.2, -0.15) is 0 Å². The van der Waals surface area contributed by atoms with E-state index < -0.39 is 0 Å². The van der Waals surface area contributed by atoms with E-state index in [0.29, 0.717) is 24.1 Å². The minimum atomic E-state index is -0.195. The molecule has 108 valence electrons. The second-order valence-corrected chi connectivity index (χ2v) is 6.52. The molecule has 0 aliphatic heterocycles. The van der Waals surface area contributed by atoms with Crippen molar-refractivity contribution >= 4 is 15.9 Å². The summed E-state index contributed by atoms with van der Waals surface area (Å²) in [7, 11) is 0. The Labute approximate surface area is 124 Å². The van der Waals surface area contributed by atoms with E-state index in [0.717, 1.165) is 11.0 Å². The van der Waals surface area contributed by atoms with Crippen molar-refractivity contribution in [1.29, 1.82) is 0 Å². The molecule has 0 bridgehead atoms. The van der Waals surface area contributed by atoms with Crippen LogP contribution in [0.3, 0.4) is 0 Å². The Hall–Kier alpha value is -0.450. The van der Waals surface area contributed by atoms with Crippen LogP contribution in [0, 0.1) is 11.7 Å². The second-order valence-electron chi connectivity index (χ2n) is 5.60. The van der Waals surface area contributed by atoms with Crippen LogP contribution >= 0.6 is 15.9 Å². The first-order valence-electron chi connectivity index (χ1n) is 6.77. The highest BCUT2D eigenvalue weighted by Gasteiger charge is 2.24. The Morgan fingerprint density at radius 2 is 1.89 bits per heavy atom. The maximum absolute atomic E-state index is 14.1. The molecule has 0 spiro atoms. The topological polar surface area (TPSA) is 29.3 Å². The molecule has 0 aliphatic rings. The minimum Gasteiger partial charge on any atom is -0.329 e. The Balaban J connectivity index is 3.08. The largest absolute Gasteiger partial charge is 0.329 e. The molecule has 0 saturated heterocycles. The molecule has 0 fully saturated rings. The highest BCUT2D eigenvalue weighted by Crippen LogP contribution is 2.27. The molecular formula is C15H24BrFN2. The number of hydrogen-bond acceptors (Lipinski definition) is 2. The summed E-state index contributed by atoms with van der Waals surface area (Å²) in [6.45, 7) is 9.92. The van der Waals surface area contributed by atoms with E-state index in [1.165, 1.54) is 6.07 Å². The molecule has 0 radical (unpaired) electrons. The van der Waals surface area contributed by atoms with E-state index in [1.807, 2.05) is 12.1 Å². The van der Waals surface area contributed by atoms with E-state index in [9.17, 15) is 4.39 Å². The molecular weight excluding hydrogens is 307 g/mol. The molecule has 0 aliphatic carbocycles. The SMILES string of the molecule is CC(C)CN(C(C)C)C(CN)c1ccc(Br)cc1F. The summed E-state index contributed by atoms with van der Waals surface area (Å²) in [6, 6.07) is 5.46. The number of benzene rings is 1. The van der Waals surface area contributed by atoms with Gasteiger partial charge in [-0.3, -0.25) is 4.90 Å². The van der Waals surface area contributed by atoms with Crippen LogP contribution < -0.4 is 5.73 Å². The summed E-state index contributed by atoms with van der Waals surface area (Å²) >= 11 is 3.29. The van der Waals surface area contributed by atoms with Crippen molar-refractivity contribution in [1.82, 2.24) is 4.90 Å². The van der Waals surface area contributed by atoms with Gasteiger partial charge in [-0.25, -0.2) is 4.39 Å². The van der Waals surface area contributed by atoms with Gasteiger partial charge in [0, 0.05) is 29.2 Å². The quantitative estimate of drug-likeness (QED) is 0.855. The lowest BCUT2D eigenvalue weighted by Crippen LogP contribution is -2.41. The number of halogens is 2. The van der Waals surface area contributed by atoms with Gasteiger partial charge in [0.25, 0.3) is 0 Å². The Kier molecular flexibility index (Phi) is 6.43.